The number of hydrogen-bond donors (Lipinski definition) is 2. The molecule has 0 aliphatic carbocycles. The SMILES string of the molecule is O=C(Nc1cccnc1)c1ccc2c(c1)NCC2. The van der Waals surface area contributed by atoms with E-state index in [0.29, 0.717) is 11.3 Å². The molecule has 1 aliphatic heterocycles. The molecule has 1 aromatic heterocycles. The molecule has 4 nitrogen and oxygen atoms in total. The second-order valence-electron chi connectivity index (χ2n) is 4.24. The second-order valence-corrected chi connectivity index (χ2v) is 4.24. The van der Waals surface area contributed by atoms with Crippen molar-refractivity contribution < 1.29 is 4.79 Å². The Morgan fingerprint density at radius 3 is 3.11 bits per heavy atom. The van der Waals surface area contributed by atoms with Crippen LogP contribution in [-0.2, 0) is 6.42 Å². The molecule has 1 amide bonds. The summed E-state index contributed by atoms with van der Waals surface area (Å²) in [7, 11) is 0. The number of amides is 1. The molecule has 2 N–H and O–H groups in total. The Morgan fingerprint density at radius 1 is 1.33 bits per heavy atom. The first-order valence-corrected chi connectivity index (χ1v) is 5.91. The minimum absolute atomic E-state index is 0.112. The van der Waals surface area contributed by atoms with Crippen LogP contribution >= 0.6 is 0 Å². The normalized spacial score (nSPS) is 12.7. The summed E-state index contributed by atoms with van der Waals surface area (Å²) in [6, 6.07) is 9.37. The Hall–Kier alpha value is -2.36. The Balaban J connectivity index is 1.81. The van der Waals surface area contributed by atoms with Gasteiger partial charge in [-0.3, -0.25) is 9.78 Å². The van der Waals surface area contributed by atoms with Crippen molar-refractivity contribution >= 4 is 17.3 Å². The molecular weight excluding hydrogens is 226 g/mol. The number of aromatic nitrogens is 1. The molecular formula is C14H13N3O. The number of nitrogens with zero attached hydrogens (tertiary/aromatic N) is 1. The van der Waals surface area contributed by atoms with E-state index in [0.717, 1.165) is 18.7 Å². The second kappa shape index (κ2) is 4.49. The lowest BCUT2D eigenvalue weighted by Gasteiger charge is -2.06. The third-order valence-electron chi connectivity index (χ3n) is 3.00. The maximum atomic E-state index is 12.0. The Morgan fingerprint density at radius 2 is 2.28 bits per heavy atom. The van der Waals surface area contributed by atoms with Gasteiger partial charge in [0.1, 0.15) is 0 Å². The third-order valence-corrected chi connectivity index (χ3v) is 3.00. The summed E-state index contributed by atoms with van der Waals surface area (Å²) in [5.41, 5.74) is 3.70. The summed E-state index contributed by atoms with van der Waals surface area (Å²) in [6.07, 6.45) is 4.33. The van der Waals surface area contributed by atoms with Crippen molar-refractivity contribution in [2.75, 3.05) is 17.2 Å². The van der Waals surface area contributed by atoms with Gasteiger partial charge in [0, 0.05) is 24.0 Å². The Kier molecular flexibility index (Phi) is 2.68. The number of pyridine rings is 1. The van der Waals surface area contributed by atoms with Gasteiger partial charge in [-0.25, -0.2) is 0 Å². The van der Waals surface area contributed by atoms with E-state index in [1.807, 2.05) is 24.3 Å². The standard InChI is InChI=1S/C14H13N3O/c18-14(17-12-2-1-6-15-9-12)11-4-3-10-5-7-16-13(10)8-11/h1-4,6,8-9,16H,5,7H2,(H,17,18). The number of benzene rings is 1. The Labute approximate surface area is 105 Å². The molecule has 0 fully saturated rings. The van der Waals surface area contributed by atoms with Crippen molar-refractivity contribution in [1.82, 2.24) is 4.98 Å². The van der Waals surface area contributed by atoms with Gasteiger partial charge in [-0.1, -0.05) is 6.07 Å². The van der Waals surface area contributed by atoms with E-state index >= 15 is 0 Å². The topological polar surface area (TPSA) is 54.0 Å². The summed E-state index contributed by atoms with van der Waals surface area (Å²) >= 11 is 0. The van der Waals surface area contributed by atoms with Gasteiger partial charge < -0.3 is 10.6 Å². The lowest BCUT2D eigenvalue weighted by molar-refractivity contribution is 0.102. The summed E-state index contributed by atoms with van der Waals surface area (Å²) in [5.74, 6) is -0.112. The molecule has 1 aliphatic rings. The first-order chi connectivity index (χ1) is 8.83. The van der Waals surface area contributed by atoms with Crippen molar-refractivity contribution in [3.8, 4) is 0 Å². The zero-order chi connectivity index (χ0) is 12.4. The maximum absolute atomic E-state index is 12.0. The van der Waals surface area contributed by atoms with E-state index in [1.54, 1.807) is 18.5 Å². The van der Waals surface area contributed by atoms with Crippen LogP contribution in [0.25, 0.3) is 0 Å². The maximum Gasteiger partial charge on any atom is 0.255 e. The highest BCUT2D eigenvalue weighted by Gasteiger charge is 2.13. The molecule has 0 saturated heterocycles. The smallest absolute Gasteiger partial charge is 0.255 e. The average Bonchev–Trinajstić information content (AvgIpc) is 2.87. The first kappa shape index (κ1) is 10.8. The predicted octanol–water partition coefficient (Wildman–Crippen LogP) is 2.30. The van der Waals surface area contributed by atoms with E-state index in [-0.39, 0.29) is 5.91 Å². The van der Waals surface area contributed by atoms with E-state index in [1.165, 1.54) is 5.56 Å². The molecule has 4 heteroatoms. The van der Waals surface area contributed by atoms with Gasteiger partial charge in [0.05, 0.1) is 11.9 Å². The summed E-state index contributed by atoms with van der Waals surface area (Å²) in [5, 5.41) is 6.09. The summed E-state index contributed by atoms with van der Waals surface area (Å²) in [6.45, 7) is 0.947. The van der Waals surface area contributed by atoms with Gasteiger partial charge in [-0.15, -0.1) is 0 Å². The molecule has 3 rings (SSSR count). The molecule has 0 radical (unpaired) electrons. The number of anilines is 2. The third kappa shape index (κ3) is 2.05. The van der Waals surface area contributed by atoms with E-state index in [9.17, 15) is 4.79 Å². The minimum atomic E-state index is -0.112. The van der Waals surface area contributed by atoms with Crippen LogP contribution in [0.3, 0.4) is 0 Å². The van der Waals surface area contributed by atoms with Crippen LogP contribution in [0.4, 0.5) is 11.4 Å². The van der Waals surface area contributed by atoms with Gasteiger partial charge in [0.25, 0.3) is 5.91 Å². The molecule has 0 bridgehead atoms. The van der Waals surface area contributed by atoms with Gasteiger partial charge in [0.2, 0.25) is 0 Å². The lowest BCUT2D eigenvalue weighted by Crippen LogP contribution is -2.12. The van der Waals surface area contributed by atoms with Crippen molar-refractivity contribution in [2.45, 2.75) is 6.42 Å². The predicted molar refractivity (Wildman–Crippen MR) is 70.8 cm³/mol. The number of nitrogens with one attached hydrogen (secondary N) is 2. The van der Waals surface area contributed by atoms with Crippen molar-refractivity contribution in [2.24, 2.45) is 0 Å². The van der Waals surface area contributed by atoms with Crippen LogP contribution in [0.1, 0.15) is 15.9 Å². The van der Waals surface area contributed by atoms with E-state index in [4.69, 9.17) is 0 Å². The van der Waals surface area contributed by atoms with Gasteiger partial charge in [-0.05, 0) is 36.2 Å². The van der Waals surface area contributed by atoms with Gasteiger partial charge in [-0.2, -0.15) is 0 Å². The largest absolute Gasteiger partial charge is 0.384 e. The number of carbonyl (C=O) groups excluding carboxylic acids is 1. The summed E-state index contributed by atoms with van der Waals surface area (Å²) in [4.78, 5) is 16.0. The first-order valence-electron chi connectivity index (χ1n) is 5.91. The number of rotatable bonds is 2. The Bertz CT molecular complexity index is 581. The highest BCUT2D eigenvalue weighted by atomic mass is 16.1. The number of carbonyl (C=O) groups is 1. The highest BCUT2D eigenvalue weighted by molar-refractivity contribution is 6.04. The highest BCUT2D eigenvalue weighted by Crippen LogP contribution is 2.23. The molecule has 2 aromatic rings. The number of fused-ring (bicyclic) bond motifs is 1. The van der Waals surface area contributed by atoms with Gasteiger partial charge >= 0.3 is 0 Å². The molecule has 0 unspecified atom stereocenters. The summed E-state index contributed by atoms with van der Waals surface area (Å²) < 4.78 is 0. The quantitative estimate of drug-likeness (QED) is 0.845. The van der Waals surface area contributed by atoms with Crippen LogP contribution in [0.5, 0.6) is 0 Å². The van der Waals surface area contributed by atoms with Crippen LogP contribution in [0, 0.1) is 0 Å². The molecule has 0 atom stereocenters. The molecule has 18 heavy (non-hydrogen) atoms. The van der Waals surface area contributed by atoms with Crippen molar-refractivity contribution in [3.63, 3.8) is 0 Å². The fourth-order valence-corrected chi connectivity index (χ4v) is 2.07. The van der Waals surface area contributed by atoms with Crippen LogP contribution < -0.4 is 10.6 Å². The zero-order valence-electron chi connectivity index (χ0n) is 9.81. The van der Waals surface area contributed by atoms with Crippen LogP contribution in [0.15, 0.2) is 42.7 Å². The fourth-order valence-electron chi connectivity index (χ4n) is 2.07. The molecule has 90 valence electrons. The monoisotopic (exact) mass is 239 g/mol. The van der Waals surface area contributed by atoms with Gasteiger partial charge in [0.15, 0.2) is 0 Å². The molecule has 1 aromatic carbocycles. The van der Waals surface area contributed by atoms with Crippen LogP contribution in [-0.4, -0.2) is 17.4 Å². The van der Waals surface area contributed by atoms with E-state index in [2.05, 4.69) is 15.6 Å². The molecule has 0 saturated carbocycles. The van der Waals surface area contributed by atoms with Crippen molar-refractivity contribution in [1.29, 1.82) is 0 Å². The number of hydrogen-bond acceptors (Lipinski definition) is 3. The fraction of sp³-hybridized carbons (Fsp3) is 0.143. The zero-order valence-corrected chi connectivity index (χ0v) is 9.81. The lowest BCUT2D eigenvalue weighted by atomic mass is 10.1. The molecule has 0 spiro atoms. The van der Waals surface area contributed by atoms with Crippen molar-refractivity contribution in [3.05, 3.63) is 53.9 Å². The molecule has 2 heterocycles. The minimum Gasteiger partial charge on any atom is -0.384 e. The average molecular weight is 239 g/mol. The van der Waals surface area contributed by atoms with E-state index < -0.39 is 0 Å². The van der Waals surface area contributed by atoms with Crippen LogP contribution in [0.2, 0.25) is 0 Å².